The number of ether oxygens (including phenoxy) is 1. The monoisotopic (exact) mass is 233 g/mol. The van der Waals surface area contributed by atoms with Gasteiger partial charge < -0.3 is 16.2 Å². The van der Waals surface area contributed by atoms with Crippen molar-refractivity contribution in [3.05, 3.63) is 29.8 Å². The van der Waals surface area contributed by atoms with Gasteiger partial charge in [-0.05, 0) is 17.7 Å². The van der Waals surface area contributed by atoms with Crippen molar-refractivity contribution in [3.8, 4) is 18.1 Å². The first kappa shape index (κ1) is 13.0. The molecule has 1 rings (SSSR count). The van der Waals surface area contributed by atoms with Gasteiger partial charge >= 0.3 is 6.09 Å². The molecule has 0 heterocycles. The van der Waals surface area contributed by atoms with Gasteiger partial charge in [-0.3, -0.25) is 5.32 Å². The molecule has 0 aliphatic heterocycles. The number of nitrogens with two attached hydrogens (primary N) is 2. The molecule has 5 N–H and O–H groups in total. The summed E-state index contributed by atoms with van der Waals surface area (Å²) in [5, 5.41) is 2.95. The van der Waals surface area contributed by atoms with Gasteiger partial charge in [-0.15, -0.1) is 6.42 Å². The minimum Gasteiger partial charge on any atom is -0.410 e. The topological polar surface area (TPSA) is 90.4 Å². The Morgan fingerprint density at radius 3 is 3.00 bits per heavy atom. The number of benzene rings is 1. The summed E-state index contributed by atoms with van der Waals surface area (Å²) in [6.45, 7) is 0.415. The van der Waals surface area contributed by atoms with Gasteiger partial charge in [-0.2, -0.15) is 0 Å². The van der Waals surface area contributed by atoms with Crippen molar-refractivity contribution in [2.75, 3.05) is 6.54 Å². The number of amides is 1. The Balaban J connectivity index is 2.59. The molecule has 0 bridgehead atoms. The van der Waals surface area contributed by atoms with E-state index in [-0.39, 0.29) is 6.17 Å². The second kappa shape index (κ2) is 6.53. The molecule has 0 aliphatic rings. The quantitative estimate of drug-likeness (QED) is 0.500. The normalized spacial score (nSPS) is 11.5. The summed E-state index contributed by atoms with van der Waals surface area (Å²) in [5.41, 5.74) is 11.7. The Morgan fingerprint density at radius 1 is 1.59 bits per heavy atom. The highest BCUT2D eigenvalue weighted by Crippen LogP contribution is 2.14. The van der Waals surface area contributed by atoms with Crippen LogP contribution >= 0.6 is 0 Å². The molecule has 1 aromatic carbocycles. The zero-order valence-corrected chi connectivity index (χ0v) is 9.35. The standard InChI is InChI=1S/C12H15N3O2/c1-2-6-15-11(13)8-9-4-3-5-10(7-9)17-12(14)16/h1,3-5,7,11,15H,6,8,13H2,(H2,14,16). The van der Waals surface area contributed by atoms with E-state index in [0.29, 0.717) is 18.7 Å². The van der Waals surface area contributed by atoms with Crippen molar-refractivity contribution >= 4 is 6.09 Å². The van der Waals surface area contributed by atoms with Crippen LogP contribution in [-0.2, 0) is 6.42 Å². The molecule has 0 aromatic heterocycles. The molecule has 0 radical (unpaired) electrons. The van der Waals surface area contributed by atoms with Crippen LogP contribution < -0.4 is 21.5 Å². The Morgan fingerprint density at radius 2 is 2.35 bits per heavy atom. The lowest BCUT2D eigenvalue weighted by Gasteiger charge is -2.12. The number of nitrogens with one attached hydrogen (secondary N) is 1. The summed E-state index contributed by atoms with van der Waals surface area (Å²) < 4.78 is 4.76. The smallest absolute Gasteiger partial charge is 0.409 e. The maximum atomic E-state index is 10.6. The van der Waals surface area contributed by atoms with E-state index in [1.165, 1.54) is 0 Å². The third-order valence-corrected chi connectivity index (χ3v) is 2.04. The third kappa shape index (κ3) is 5.02. The summed E-state index contributed by atoms with van der Waals surface area (Å²) in [6.07, 6.45) is 4.61. The molecular weight excluding hydrogens is 218 g/mol. The van der Waals surface area contributed by atoms with E-state index in [0.717, 1.165) is 5.56 Å². The fourth-order valence-corrected chi connectivity index (χ4v) is 1.37. The molecule has 0 aliphatic carbocycles. The first-order chi connectivity index (χ1) is 8.11. The first-order valence-electron chi connectivity index (χ1n) is 5.10. The van der Waals surface area contributed by atoms with Crippen molar-refractivity contribution in [2.24, 2.45) is 11.5 Å². The van der Waals surface area contributed by atoms with Crippen LogP contribution in [0.25, 0.3) is 0 Å². The molecule has 0 saturated heterocycles. The number of hydrogen-bond donors (Lipinski definition) is 3. The number of terminal acetylenes is 1. The molecule has 0 fully saturated rings. The van der Waals surface area contributed by atoms with Crippen LogP contribution in [0, 0.1) is 12.3 Å². The maximum absolute atomic E-state index is 10.6. The van der Waals surface area contributed by atoms with E-state index in [9.17, 15) is 4.79 Å². The predicted octanol–water partition coefficient (Wildman–Crippen LogP) is 0.194. The molecule has 17 heavy (non-hydrogen) atoms. The van der Waals surface area contributed by atoms with Crippen molar-refractivity contribution in [2.45, 2.75) is 12.6 Å². The molecule has 0 saturated carbocycles. The summed E-state index contributed by atoms with van der Waals surface area (Å²) >= 11 is 0. The second-order valence-corrected chi connectivity index (χ2v) is 3.46. The molecule has 5 nitrogen and oxygen atoms in total. The summed E-state index contributed by atoms with van der Waals surface area (Å²) in [5.74, 6) is 2.85. The van der Waals surface area contributed by atoms with E-state index in [4.69, 9.17) is 22.6 Å². The van der Waals surface area contributed by atoms with Crippen LogP contribution in [0.4, 0.5) is 4.79 Å². The zero-order chi connectivity index (χ0) is 12.7. The fourth-order valence-electron chi connectivity index (χ4n) is 1.37. The minimum absolute atomic E-state index is 0.241. The molecule has 1 atom stereocenters. The van der Waals surface area contributed by atoms with Gasteiger partial charge in [0.05, 0.1) is 12.7 Å². The largest absolute Gasteiger partial charge is 0.410 e. The van der Waals surface area contributed by atoms with Crippen molar-refractivity contribution in [1.82, 2.24) is 5.32 Å². The summed E-state index contributed by atoms with van der Waals surface area (Å²) in [4.78, 5) is 10.6. The SMILES string of the molecule is C#CCNC(N)Cc1cccc(OC(N)=O)c1. The molecule has 1 unspecified atom stereocenters. The number of rotatable bonds is 5. The van der Waals surface area contributed by atoms with E-state index in [2.05, 4.69) is 11.2 Å². The lowest BCUT2D eigenvalue weighted by atomic mass is 10.1. The lowest BCUT2D eigenvalue weighted by Crippen LogP contribution is -2.39. The Bertz CT molecular complexity index is 426. The second-order valence-electron chi connectivity index (χ2n) is 3.46. The number of carbonyl (C=O) groups excluding carboxylic acids is 1. The Hall–Kier alpha value is -2.03. The van der Waals surface area contributed by atoms with E-state index in [1.807, 2.05) is 6.07 Å². The zero-order valence-electron chi connectivity index (χ0n) is 9.35. The first-order valence-corrected chi connectivity index (χ1v) is 5.10. The van der Waals surface area contributed by atoms with E-state index < -0.39 is 6.09 Å². The molecular formula is C12H15N3O2. The van der Waals surface area contributed by atoms with Gasteiger partial charge in [0.2, 0.25) is 0 Å². The Kier molecular flexibility index (Phi) is 5.01. The molecule has 90 valence electrons. The van der Waals surface area contributed by atoms with Crippen molar-refractivity contribution < 1.29 is 9.53 Å². The van der Waals surface area contributed by atoms with Crippen LogP contribution in [0.2, 0.25) is 0 Å². The molecule has 1 amide bonds. The number of primary amides is 1. The van der Waals surface area contributed by atoms with Gasteiger partial charge in [0, 0.05) is 6.42 Å². The Labute approximate surface area is 100 Å². The average molecular weight is 233 g/mol. The van der Waals surface area contributed by atoms with Crippen LogP contribution in [0.3, 0.4) is 0 Å². The van der Waals surface area contributed by atoms with Crippen molar-refractivity contribution in [1.29, 1.82) is 0 Å². The molecule has 0 spiro atoms. The van der Waals surface area contributed by atoms with Gasteiger partial charge in [-0.1, -0.05) is 18.1 Å². The van der Waals surface area contributed by atoms with Crippen molar-refractivity contribution in [3.63, 3.8) is 0 Å². The average Bonchev–Trinajstić information content (AvgIpc) is 2.26. The lowest BCUT2D eigenvalue weighted by molar-refractivity contribution is 0.211. The van der Waals surface area contributed by atoms with Crippen LogP contribution in [0.1, 0.15) is 5.56 Å². The third-order valence-electron chi connectivity index (χ3n) is 2.04. The minimum atomic E-state index is -0.836. The van der Waals surface area contributed by atoms with E-state index in [1.54, 1.807) is 18.2 Å². The van der Waals surface area contributed by atoms with Crippen LogP contribution in [0.15, 0.2) is 24.3 Å². The molecule has 1 aromatic rings. The highest BCUT2D eigenvalue weighted by Gasteiger charge is 2.04. The number of carbonyl (C=O) groups is 1. The fraction of sp³-hybridized carbons (Fsp3) is 0.250. The highest BCUT2D eigenvalue weighted by atomic mass is 16.5. The van der Waals surface area contributed by atoms with Gasteiger partial charge in [0.1, 0.15) is 5.75 Å². The summed E-state index contributed by atoms with van der Waals surface area (Å²) in [7, 11) is 0. The van der Waals surface area contributed by atoms with Gasteiger partial charge in [0.15, 0.2) is 0 Å². The van der Waals surface area contributed by atoms with Crippen LogP contribution in [-0.4, -0.2) is 18.8 Å². The maximum Gasteiger partial charge on any atom is 0.409 e. The van der Waals surface area contributed by atoms with Gasteiger partial charge in [0.25, 0.3) is 0 Å². The van der Waals surface area contributed by atoms with Gasteiger partial charge in [-0.25, -0.2) is 4.79 Å². The highest BCUT2D eigenvalue weighted by molar-refractivity contribution is 5.68. The molecule has 5 heteroatoms. The number of hydrogen-bond acceptors (Lipinski definition) is 4. The van der Waals surface area contributed by atoms with E-state index >= 15 is 0 Å². The predicted molar refractivity (Wildman–Crippen MR) is 65.2 cm³/mol. The summed E-state index contributed by atoms with van der Waals surface area (Å²) in [6, 6.07) is 7.00. The van der Waals surface area contributed by atoms with Crippen LogP contribution in [0.5, 0.6) is 5.75 Å².